The maximum absolute atomic E-state index is 13.4. The lowest BCUT2D eigenvalue weighted by Gasteiger charge is -2.35. The van der Waals surface area contributed by atoms with E-state index < -0.39 is 10.0 Å². The van der Waals surface area contributed by atoms with Gasteiger partial charge in [-0.15, -0.1) is 11.3 Å². The first-order valence-electron chi connectivity index (χ1n) is 11.3. The minimum Gasteiger partial charge on any atom is -0.491 e. The van der Waals surface area contributed by atoms with Crippen LogP contribution in [0.5, 0.6) is 5.75 Å². The van der Waals surface area contributed by atoms with Gasteiger partial charge in [0.15, 0.2) is 0 Å². The van der Waals surface area contributed by atoms with Crippen molar-refractivity contribution in [1.29, 1.82) is 0 Å². The topological polar surface area (TPSA) is 101 Å². The summed E-state index contributed by atoms with van der Waals surface area (Å²) in [6.07, 6.45) is 1.63. The zero-order chi connectivity index (χ0) is 24.9. The van der Waals surface area contributed by atoms with Crippen LogP contribution in [0.25, 0.3) is 0 Å². The van der Waals surface area contributed by atoms with Crippen molar-refractivity contribution in [3.05, 3.63) is 40.3 Å². The molecule has 3 atom stereocenters. The van der Waals surface area contributed by atoms with Crippen molar-refractivity contribution in [3.63, 3.8) is 0 Å². The first kappa shape index (κ1) is 26.4. The zero-order valence-corrected chi connectivity index (χ0v) is 22.0. The van der Waals surface area contributed by atoms with Gasteiger partial charge in [0, 0.05) is 50.6 Å². The van der Waals surface area contributed by atoms with Crippen LogP contribution in [0.4, 0.5) is 5.69 Å². The molecule has 1 aromatic heterocycles. The summed E-state index contributed by atoms with van der Waals surface area (Å²) < 4.78 is 38.5. The number of nitrogens with one attached hydrogen (secondary N) is 1. The van der Waals surface area contributed by atoms with E-state index in [4.69, 9.17) is 9.47 Å². The van der Waals surface area contributed by atoms with Crippen LogP contribution in [0.1, 0.15) is 36.1 Å². The zero-order valence-electron chi connectivity index (χ0n) is 20.4. The van der Waals surface area contributed by atoms with Gasteiger partial charge < -0.3 is 14.4 Å². The minimum atomic E-state index is -3.48. The van der Waals surface area contributed by atoms with Gasteiger partial charge >= 0.3 is 0 Å². The smallest absolute Gasteiger partial charge is 0.257 e. The minimum absolute atomic E-state index is 0.0437. The Hall–Kier alpha value is -2.21. The molecule has 0 aliphatic carbocycles. The summed E-state index contributed by atoms with van der Waals surface area (Å²) in [7, 11) is -0.0994. The molecule has 1 aromatic carbocycles. The molecule has 1 N–H and O–H groups in total. The van der Waals surface area contributed by atoms with Crippen molar-refractivity contribution in [3.8, 4) is 5.75 Å². The van der Waals surface area contributed by atoms with E-state index in [0.717, 1.165) is 11.6 Å². The first-order valence-corrected chi connectivity index (χ1v) is 13.8. The van der Waals surface area contributed by atoms with E-state index in [1.807, 2.05) is 5.38 Å². The molecule has 9 nitrogen and oxygen atoms in total. The number of thiazole rings is 1. The molecule has 0 spiro atoms. The number of hydrogen-bond donors (Lipinski definition) is 1. The van der Waals surface area contributed by atoms with E-state index in [1.54, 1.807) is 55.6 Å². The van der Waals surface area contributed by atoms with Crippen molar-refractivity contribution in [2.75, 3.05) is 44.3 Å². The molecule has 0 saturated carbocycles. The Kier molecular flexibility index (Phi) is 8.91. The Morgan fingerprint density at radius 3 is 2.71 bits per heavy atom. The van der Waals surface area contributed by atoms with Crippen molar-refractivity contribution < 1.29 is 22.7 Å². The number of rotatable bonds is 6. The molecule has 0 saturated heterocycles. The number of sulfonamides is 1. The van der Waals surface area contributed by atoms with Crippen LogP contribution in [0.3, 0.4) is 0 Å². The van der Waals surface area contributed by atoms with Crippen LogP contribution in [0.2, 0.25) is 0 Å². The lowest BCUT2D eigenvalue weighted by atomic mass is 10.0. The molecular formula is C23H34N4O5S2. The number of methoxy groups -OCH3 is 1. The second-order valence-corrected chi connectivity index (χ2v) is 11.7. The number of amides is 1. The van der Waals surface area contributed by atoms with Crippen molar-refractivity contribution in [2.45, 2.75) is 39.5 Å². The van der Waals surface area contributed by atoms with Crippen molar-refractivity contribution in [2.24, 2.45) is 5.92 Å². The third kappa shape index (κ3) is 6.68. The van der Waals surface area contributed by atoms with E-state index in [9.17, 15) is 13.2 Å². The van der Waals surface area contributed by atoms with Crippen LogP contribution >= 0.6 is 11.3 Å². The summed E-state index contributed by atoms with van der Waals surface area (Å²) in [5, 5.41) is 3.00. The molecule has 11 heteroatoms. The first-order chi connectivity index (χ1) is 16.1. The standard InChI is InChI=1S/C23H34N4O5S2/c1-6-34(29,30)25-18-7-8-20-19(11-18)23(28)26(4)13-21(31-5)16(2)12-27(17(3)15-32-20)14-22-24-9-10-33-22/h7-11,16-17,21,25H,6,12-15H2,1-5H3/t16-,17+,21-/m1/s1. The second kappa shape index (κ2) is 11.5. The summed E-state index contributed by atoms with van der Waals surface area (Å²) >= 11 is 1.62. The number of likely N-dealkylation sites (N-methyl/N-ethyl adjacent to an activating group) is 1. The number of ether oxygens (including phenoxy) is 2. The Labute approximate surface area is 206 Å². The number of benzene rings is 1. The van der Waals surface area contributed by atoms with Gasteiger partial charge in [-0.1, -0.05) is 6.92 Å². The molecule has 0 bridgehead atoms. The predicted octanol–water partition coefficient (Wildman–Crippen LogP) is 2.91. The van der Waals surface area contributed by atoms with Gasteiger partial charge in [-0.25, -0.2) is 13.4 Å². The van der Waals surface area contributed by atoms with E-state index in [2.05, 4.69) is 28.5 Å². The fourth-order valence-corrected chi connectivity index (χ4v) is 5.16. The highest BCUT2D eigenvalue weighted by atomic mass is 32.2. The molecule has 2 heterocycles. The van der Waals surface area contributed by atoms with Crippen LogP contribution < -0.4 is 9.46 Å². The van der Waals surface area contributed by atoms with Gasteiger partial charge in [-0.2, -0.15) is 0 Å². The monoisotopic (exact) mass is 510 g/mol. The molecule has 188 valence electrons. The van der Waals surface area contributed by atoms with Crippen molar-refractivity contribution in [1.82, 2.24) is 14.8 Å². The Morgan fingerprint density at radius 2 is 2.06 bits per heavy atom. The Morgan fingerprint density at radius 1 is 1.29 bits per heavy atom. The summed E-state index contributed by atoms with van der Waals surface area (Å²) in [5.74, 6) is 0.243. The van der Waals surface area contributed by atoms with Crippen LogP contribution in [0.15, 0.2) is 29.8 Å². The number of nitrogens with zero attached hydrogens (tertiary/aromatic N) is 3. The average Bonchev–Trinajstić information content (AvgIpc) is 3.32. The second-order valence-electron chi connectivity index (χ2n) is 8.67. The normalized spacial score (nSPS) is 22.9. The molecule has 1 aliphatic heterocycles. The number of hydrogen-bond acceptors (Lipinski definition) is 8. The quantitative estimate of drug-likeness (QED) is 0.638. The molecule has 34 heavy (non-hydrogen) atoms. The lowest BCUT2D eigenvalue weighted by molar-refractivity contribution is 0.00921. The molecule has 0 unspecified atom stereocenters. The van der Waals surface area contributed by atoms with Crippen LogP contribution in [0, 0.1) is 5.92 Å². The van der Waals surface area contributed by atoms with Crippen LogP contribution in [-0.2, 0) is 21.3 Å². The Bertz CT molecular complexity index is 1060. The lowest BCUT2D eigenvalue weighted by Crippen LogP contribution is -2.46. The van der Waals surface area contributed by atoms with Crippen LogP contribution in [-0.4, -0.2) is 80.9 Å². The third-order valence-electron chi connectivity index (χ3n) is 6.05. The highest BCUT2D eigenvalue weighted by Gasteiger charge is 2.29. The average molecular weight is 511 g/mol. The van der Waals surface area contributed by atoms with Gasteiger partial charge in [0.05, 0.1) is 24.0 Å². The summed E-state index contributed by atoms with van der Waals surface area (Å²) in [6, 6.07) is 4.84. The molecule has 1 aliphatic rings. The van der Waals surface area contributed by atoms with Crippen molar-refractivity contribution >= 4 is 33.0 Å². The Balaban J connectivity index is 1.95. The molecular weight excluding hydrogens is 476 g/mol. The largest absolute Gasteiger partial charge is 0.491 e. The fraction of sp³-hybridized carbons (Fsp3) is 0.565. The van der Waals surface area contributed by atoms with E-state index >= 15 is 0 Å². The SMILES string of the molecule is CCS(=O)(=O)Nc1ccc2c(c1)C(=O)N(C)C[C@@H](OC)[C@H](C)CN(Cc1nccs1)[C@@H](C)CO2. The number of aromatic nitrogens is 1. The molecule has 1 amide bonds. The van der Waals surface area contributed by atoms with Gasteiger partial charge in [0.2, 0.25) is 10.0 Å². The highest BCUT2D eigenvalue weighted by Crippen LogP contribution is 2.27. The fourth-order valence-electron chi connectivity index (χ4n) is 3.89. The molecule has 3 rings (SSSR count). The molecule has 0 fully saturated rings. The molecule has 0 radical (unpaired) electrons. The summed E-state index contributed by atoms with van der Waals surface area (Å²) in [5.41, 5.74) is 0.633. The predicted molar refractivity (Wildman–Crippen MR) is 134 cm³/mol. The number of anilines is 1. The number of fused-ring (bicyclic) bond motifs is 1. The van der Waals surface area contributed by atoms with Gasteiger partial charge in [-0.3, -0.25) is 14.4 Å². The summed E-state index contributed by atoms with van der Waals surface area (Å²) in [6.45, 7) is 7.97. The third-order valence-corrected chi connectivity index (χ3v) is 8.12. The maximum atomic E-state index is 13.4. The van der Waals surface area contributed by atoms with Gasteiger partial charge in [0.25, 0.3) is 5.91 Å². The highest BCUT2D eigenvalue weighted by molar-refractivity contribution is 7.92. The van der Waals surface area contributed by atoms with E-state index in [-0.39, 0.29) is 29.7 Å². The van der Waals surface area contributed by atoms with E-state index in [0.29, 0.717) is 36.7 Å². The number of carbonyl (C=O) groups is 1. The number of carbonyl (C=O) groups excluding carboxylic acids is 1. The van der Waals surface area contributed by atoms with Gasteiger partial charge in [0.1, 0.15) is 17.4 Å². The molecule has 2 aromatic rings. The van der Waals surface area contributed by atoms with E-state index in [1.165, 1.54) is 6.07 Å². The summed E-state index contributed by atoms with van der Waals surface area (Å²) in [4.78, 5) is 21.7. The van der Waals surface area contributed by atoms with Gasteiger partial charge in [-0.05, 0) is 38.0 Å². The maximum Gasteiger partial charge on any atom is 0.257 e.